The lowest BCUT2D eigenvalue weighted by atomic mass is 10.2. The fraction of sp³-hybridized carbons (Fsp3) is 0.250. The van der Waals surface area contributed by atoms with Crippen LogP contribution in [0, 0.1) is 6.92 Å². The molecule has 0 aliphatic rings. The third-order valence-electron chi connectivity index (χ3n) is 1.49. The summed E-state index contributed by atoms with van der Waals surface area (Å²) in [6.45, 7) is 2.52. The maximum absolute atomic E-state index is 5.35. The molecular weight excluding hydrogens is 204 g/mol. The lowest BCUT2D eigenvalue weighted by Crippen LogP contribution is -2.11. The van der Waals surface area contributed by atoms with E-state index in [9.17, 15) is 0 Å². The second kappa shape index (κ2) is 3.74. The number of rotatable bonds is 2. The number of benzene rings is 1. The van der Waals surface area contributed by atoms with Crippen molar-refractivity contribution >= 4 is 21.6 Å². The maximum Gasteiger partial charge on any atom is 0.0628 e. The van der Waals surface area contributed by atoms with Gasteiger partial charge in [-0.1, -0.05) is 22.0 Å². The molecule has 0 spiro atoms. The molecule has 0 saturated carbocycles. The zero-order valence-electron chi connectivity index (χ0n) is 6.39. The number of hydrogen-bond acceptors (Lipinski definition) is 2. The number of nitrogens with two attached hydrogens (primary N) is 1. The van der Waals surface area contributed by atoms with Crippen LogP contribution in [0.25, 0.3) is 0 Å². The first kappa shape index (κ1) is 8.56. The summed E-state index contributed by atoms with van der Waals surface area (Å²) in [5, 5.41) is 3.06. The number of nitrogens with one attached hydrogen (secondary N) is 1. The predicted octanol–water partition coefficient (Wildman–Crippen LogP) is 2.09. The van der Waals surface area contributed by atoms with E-state index < -0.39 is 0 Å². The number of hydrogen-bond donors (Lipinski definition) is 2. The first-order chi connectivity index (χ1) is 5.24. The molecule has 2 nitrogen and oxygen atoms in total. The lowest BCUT2D eigenvalue weighted by molar-refractivity contribution is 1.13. The van der Waals surface area contributed by atoms with Crippen molar-refractivity contribution < 1.29 is 0 Å². The van der Waals surface area contributed by atoms with E-state index in [0.29, 0.717) is 6.67 Å². The Balaban J connectivity index is 2.93. The first-order valence-electron chi connectivity index (χ1n) is 3.44. The molecule has 0 bridgehead atoms. The van der Waals surface area contributed by atoms with Gasteiger partial charge in [-0.05, 0) is 24.6 Å². The molecule has 0 amide bonds. The Morgan fingerprint density at radius 2 is 2.27 bits per heavy atom. The Hall–Kier alpha value is -0.540. The van der Waals surface area contributed by atoms with Gasteiger partial charge >= 0.3 is 0 Å². The van der Waals surface area contributed by atoms with E-state index in [1.165, 1.54) is 5.56 Å². The van der Waals surface area contributed by atoms with Gasteiger partial charge in [0.05, 0.1) is 6.67 Å². The van der Waals surface area contributed by atoms with Crippen molar-refractivity contribution in [1.29, 1.82) is 0 Å². The molecule has 0 saturated heterocycles. The second-order valence-electron chi connectivity index (χ2n) is 2.34. The Labute approximate surface area is 74.9 Å². The van der Waals surface area contributed by atoms with Gasteiger partial charge in [-0.25, -0.2) is 0 Å². The molecule has 60 valence electrons. The molecule has 0 atom stereocenters. The Bertz CT molecular complexity index is 248. The highest BCUT2D eigenvalue weighted by molar-refractivity contribution is 9.10. The van der Waals surface area contributed by atoms with Crippen molar-refractivity contribution in [2.45, 2.75) is 6.92 Å². The summed E-state index contributed by atoms with van der Waals surface area (Å²) in [5.41, 5.74) is 7.65. The van der Waals surface area contributed by atoms with Crippen molar-refractivity contribution in [3.63, 3.8) is 0 Å². The number of aryl methyl sites for hydroxylation is 1. The topological polar surface area (TPSA) is 38.0 Å². The van der Waals surface area contributed by atoms with Crippen LogP contribution in [0.1, 0.15) is 5.56 Å². The third kappa shape index (κ3) is 2.20. The van der Waals surface area contributed by atoms with Crippen LogP contribution < -0.4 is 11.1 Å². The largest absolute Gasteiger partial charge is 0.372 e. The van der Waals surface area contributed by atoms with Crippen LogP contribution in [-0.4, -0.2) is 6.67 Å². The molecule has 1 aromatic carbocycles. The number of halogens is 1. The Morgan fingerprint density at radius 1 is 1.55 bits per heavy atom. The zero-order valence-corrected chi connectivity index (χ0v) is 7.98. The average molecular weight is 215 g/mol. The predicted molar refractivity (Wildman–Crippen MR) is 51.6 cm³/mol. The fourth-order valence-electron chi connectivity index (χ4n) is 0.895. The highest BCUT2D eigenvalue weighted by Gasteiger charge is 1.95. The van der Waals surface area contributed by atoms with Gasteiger partial charge in [-0.2, -0.15) is 0 Å². The molecule has 0 heterocycles. The van der Waals surface area contributed by atoms with Crippen molar-refractivity contribution in [3.8, 4) is 0 Å². The third-order valence-corrected chi connectivity index (χ3v) is 1.99. The molecule has 0 radical (unpaired) electrons. The maximum atomic E-state index is 5.35. The van der Waals surface area contributed by atoms with E-state index >= 15 is 0 Å². The van der Waals surface area contributed by atoms with Gasteiger partial charge in [0.15, 0.2) is 0 Å². The zero-order chi connectivity index (χ0) is 8.27. The van der Waals surface area contributed by atoms with Crippen LogP contribution in [-0.2, 0) is 0 Å². The van der Waals surface area contributed by atoms with Crippen molar-refractivity contribution in [2.75, 3.05) is 12.0 Å². The van der Waals surface area contributed by atoms with Gasteiger partial charge in [0.2, 0.25) is 0 Å². The highest BCUT2D eigenvalue weighted by atomic mass is 79.9. The minimum Gasteiger partial charge on any atom is -0.372 e. The summed E-state index contributed by atoms with van der Waals surface area (Å²) in [4.78, 5) is 0. The molecule has 0 fully saturated rings. The van der Waals surface area contributed by atoms with Crippen LogP contribution >= 0.6 is 15.9 Å². The molecular formula is C8H11BrN2. The molecule has 1 rings (SSSR count). The van der Waals surface area contributed by atoms with Crippen LogP contribution in [0.5, 0.6) is 0 Å². The monoisotopic (exact) mass is 214 g/mol. The van der Waals surface area contributed by atoms with Gasteiger partial charge in [-0.3, -0.25) is 0 Å². The van der Waals surface area contributed by atoms with E-state index in [1.54, 1.807) is 0 Å². The van der Waals surface area contributed by atoms with Crippen LogP contribution in [0.15, 0.2) is 22.7 Å². The standard InChI is InChI=1S/C8H11BrN2/c1-6-2-3-7(9)4-8(6)11-5-10/h2-4,11H,5,10H2,1H3. The summed E-state index contributed by atoms with van der Waals surface area (Å²) in [6, 6.07) is 6.07. The SMILES string of the molecule is Cc1ccc(Br)cc1NCN. The smallest absolute Gasteiger partial charge is 0.0628 e. The molecule has 0 aliphatic heterocycles. The minimum absolute atomic E-state index is 0.470. The molecule has 0 unspecified atom stereocenters. The summed E-state index contributed by atoms with van der Waals surface area (Å²) in [6.07, 6.45) is 0. The van der Waals surface area contributed by atoms with Gasteiger partial charge < -0.3 is 11.1 Å². The summed E-state index contributed by atoms with van der Waals surface area (Å²) in [5.74, 6) is 0. The first-order valence-corrected chi connectivity index (χ1v) is 4.23. The van der Waals surface area contributed by atoms with Gasteiger partial charge in [0.1, 0.15) is 0 Å². The van der Waals surface area contributed by atoms with Crippen molar-refractivity contribution in [3.05, 3.63) is 28.2 Å². The van der Waals surface area contributed by atoms with Crippen LogP contribution in [0.3, 0.4) is 0 Å². The Kier molecular flexibility index (Phi) is 2.91. The number of anilines is 1. The molecule has 1 aromatic rings. The average Bonchev–Trinajstić information content (AvgIpc) is 1.98. The minimum atomic E-state index is 0.470. The second-order valence-corrected chi connectivity index (χ2v) is 3.26. The molecule has 11 heavy (non-hydrogen) atoms. The summed E-state index contributed by atoms with van der Waals surface area (Å²) in [7, 11) is 0. The van der Waals surface area contributed by atoms with Gasteiger partial charge in [0.25, 0.3) is 0 Å². The van der Waals surface area contributed by atoms with Crippen LogP contribution in [0.4, 0.5) is 5.69 Å². The van der Waals surface area contributed by atoms with Crippen molar-refractivity contribution in [1.82, 2.24) is 0 Å². The molecule has 3 N–H and O–H groups in total. The van der Waals surface area contributed by atoms with E-state index in [-0.39, 0.29) is 0 Å². The lowest BCUT2D eigenvalue weighted by Gasteiger charge is -2.06. The molecule has 3 heteroatoms. The van der Waals surface area contributed by atoms with E-state index in [0.717, 1.165) is 10.2 Å². The van der Waals surface area contributed by atoms with Gasteiger partial charge in [-0.15, -0.1) is 0 Å². The molecule has 0 aromatic heterocycles. The quantitative estimate of drug-likeness (QED) is 0.741. The van der Waals surface area contributed by atoms with Gasteiger partial charge in [0, 0.05) is 10.2 Å². The highest BCUT2D eigenvalue weighted by Crippen LogP contribution is 2.19. The van der Waals surface area contributed by atoms with Crippen LogP contribution in [0.2, 0.25) is 0 Å². The molecule has 0 aliphatic carbocycles. The normalized spacial score (nSPS) is 9.73. The summed E-state index contributed by atoms with van der Waals surface area (Å²) < 4.78 is 1.07. The summed E-state index contributed by atoms with van der Waals surface area (Å²) >= 11 is 3.39. The fourth-order valence-corrected chi connectivity index (χ4v) is 1.26. The van der Waals surface area contributed by atoms with Crippen molar-refractivity contribution in [2.24, 2.45) is 5.73 Å². The van der Waals surface area contributed by atoms with E-state index in [2.05, 4.69) is 21.2 Å². The Morgan fingerprint density at radius 3 is 2.91 bits per heavy atom. The van der Waals surface area contributed by atoms with E-state index in [4.69, 9.17) is 5.73 Å². The van der Waals surface area contributed by atoms with E-state index in [1.807, 2.05) is 25.1 Å².